The van der Waals surface area contributed by atoms with Crippen LogP contribution in [0.3, 0.4) is 0 Å². The number of hydrogen-bond donors (Lipinski definition) is 0. The number of rotatable bonds is 2. The first-order valence-corrected chi connectivity index (χ1v) is 5.76. The van der Waals surface area contributed by atoms with Crippen molar-refractivity contribution in [1.29, 1.82) is 0 Å². The molecule has 0 aliphatic heterocycles. The molecule has 0 nitrogen and oxygen atoms in total. The molecular formula is C13H14ClF. The molecule has 0 bridgehead atoms. The van der Waals surface area contributed by atoms with Gasteiger partial charge in [0.25, 0.3) is 0 Å². The predicted molar refractivity (Wildman–Crippen MR) is 61.7 cm³/mol. The van der Waals surface area contributed by atoms with Crippen LogP contribution in [0.15, 0.2) is 35.9 Å². The Balaban J connectivity index is 2.08. The molecule has 80 valence electrons. The molecule has 0 saturated heterocycles. The minimum atomic E-state index is -0.161. The minimum Gasteiger partial charge on any atom is -0.207 e. The molecule has 1 aliphatic carbocycles. The highest BCUT2D eigenvalue weighted by Gasteiger charge is 2.11. The number of benzene rings is 1. The molecule has 1 aromatic rings. The van der Waals surface area contributed by atoms with Gasteiger partial charge in [-0.25, -0.2) is 4.39 Å². The third-order valence-electron chi connectivity index (χ3n) is 2.71. The van der Waals surface area contributed by atoms with Gasteiger partial charge in [0.1, 0.15) is 5.82 Å². The van der Waals surface area contributed by atoms with Gasteiger partial charge >= 0.3 is 0 Å². The van der Waals surface area contributed by atoms with Gasteiger partial charge in [0.2, 0.25) is 0 Å². The van der Waals surface area contributed by atoms with Gasteiger partial charge in [-0.15, -0.1) is 11.6 Å². The molecule has 1 aliphatic rings. The first-order chi connectivity index (χ1) is 7.24. The fourth-order valence-corrected chi connectivity index (χ4v) is 2.34. The smallest absolute Gasteiger partial charge is 0.123 e. The number of allylic oxidation sites excluding steroid dienone is 2. The topological polar surface area (TPSA) is 0 Å². The highest BCUT2D eigenvalue weighted by Crippen LogP contribution is 2.24. The molecule has 15 heavy (non-hydrogen) atoms. The minimum absolute atomic E-state index is 0.161. The van der Waals surface area contributed by atoms with Gasteiger partial charge in [-0.05, 0) is 43.4 Å². The Morgan fingerprint density at radius 3 is 3.00 bits per heavy atom. The van der Waals surface area contributed by atoms with Gasteiger partial charge in [0, 0.05) is 0 Å². The monoisotopic (exact) mass is 224 g/mol. The van der Waals surface area contributed by atoms with Crippen LogP contribution in [0.4, 0.5) is 4.39 Å². The molecule has 0 amide bonds. The maximum absolute atomic E-state index is 13.0. The third-order valence-corrected chi connectivity index (χ3v) is 3.06. The second-order valence-electron chi connectivity index (χ2n) is 4.04. The molecule has 2 heteroatoms. The predicted octanol–water partition coefficient (Wildman–Crippen LogP) is 4.09. The van der Waals surface area contributed by atoms with E-state index in [4.69, 9.17) is 11.6 Å². The van der Waals surface area contributed by atoms with E-state index >= 15 is 0 Å². The van der Waals surface area contributed by atoms with E-state index in [2.05, 4.69) is 6.08 Å². The molecule has 0 N–H and O–H groups in total. The summed E-state index contributed by atoms with van der Waals surface area (Å²) in [7, 11) is 0. The van der Waals surface area contributed by atoms with Crippen molar-refractivity contribution in [2.75, 3.05) is 0 Å². The fraction of sp³-hybridized carbons (Fsp3) is 0.385. The lowest BCUT2D eigenvalue weighted by Crippen LogP contribution is -2.05. The van der Waals surface area contributed by atoms with E-state index in [1.165, 1.54) is 11.6 Å². The van der Waals surface area contributed by atoms with Crippen molar-refractivity contribution in [3.63, 3.8) is 0 Å². The Bertz CT molecular complexity index is 371. The van der Waals surface area contributed by atoms with E-state index in [0.29, 0.717) is 0 Å². The molecule has 0 aromatic heterocycles. The van der Waals surface area contributed by atoms with Crippen LogP contribution in [0, 0.1) is 5.82 Å². The quantitative estimate of drug-likeness (QED) is 0.525. The number of halogens is 2. The van der Waals surface area contributed by atoms with Crippen LogP contribution in [0.5, 0.6) is 0 Å². The van der Waals surface area contributed by atoms with Gasteiger partial charge in [0.05, 0.1) is 5.38 Å². The molecule has 0 radical (unpaired) electrons. The zero-order valence-electron chi connectivity index (χ0n) is 8.55. The van der Waals surface area contributed by atoms with E-state index in [9.17, 15) is 4.39 Å². The SMILES string of the molecule is Fc1cccc(CC2=CC(Cl)CCC2)c1. The summed E-state index contributed by atoms with van der Waals surface area (Å²) in [6.45, 7) is 0. The van der Waals surface area contributed by atoms with Crippen LogP contribution >= 0.6 is 11.6 Å². The van der Waals surface area contributed by atoms with Crippen LogP contribution in [0.1, 0.15) is 24.8 Å². The number of alkyl halides is 1. The summed E-state index contributed by atoms with van der Waals surface area (Å²) in [5, 5.41) is 0.169. The van der Waals surface area contributed by atoms with Crippen molar-refractivity contribution in [3.05, 3.63) is 47.3 Å². The molecule has 1 atom stereocenters. The van der Waals surface area contributed by atoms with Crippen molar-refractivity contribution in [2.24, 2.45) is 0 Å². The highest BCUT2D eigenvalue weighted by atomic mass is 35.5. The summed E-state index contributed by atoms with van der Waals surface area (Å²) in [4.78, 5) is 0. The maximum Gasteiger partial charge on any atom is 0.123 e. The maximum atomic E-state index is 13.0. The van der Waals surface area contributed by atoms with Crippen molar-refractivity contribution in [2.45, 2.75) is 31.1 Å². The Kier molecular flexibility index (Phi) is 3.42. The molecule has 1 aromatic carbocycles. The second kappa shape index (κ2) is 4.80. The molecule has 2 rings (SSSR count). The summed E-state index contributed by atoms with van der Waals surface area (Å²) in [6, 6.07) is 6.79. The van der Waals surface area contributed by atoms with E-state index < -0.39 is 0 Å². The Morgan fingerprint density at radius 2 is 2.27 bits per heavy atom. The Hall–Kier alpha value is -0.820. The van der Waals surface area contributed by atoms with E-state index in [1.54, 1.807) is 12.1 Å². The van der Waals surface area contributed by atoms with Crippen molar-refractivity contribution >= 4 is 11.6 Å². The van der Waals surface area contributed by atoms with Gasteiger partial charge in [-0.1, -0.05) is 23.8 Å². The lowest BCUT2D eigenvalue weighted by molar-refractivity contribution is 0.625. The summed E-state index contributed by atoms with van der Waals surface area (Å²) in [5.74, 6) is -0.161. The summed E-state index contributed by atoms with van der Waals surface area (Å²) < 4.78 is 13.0. The van der Waals surface area contributed by atoms with E-state index in [0.717, 1.165) is 31.2 Å². The average molecular weight is 225 g/mol. The zero-order valence-corrected chi connectivity index (χ0v) is 9.30. The van der Waals surface area contributed by atoms with Crippen molar-refractivity contribution < 1.29 is 4.39 Å². The van der Waals surface area contributed by atoms with Crippen LogP contribution in [-0.2, 0) is 6.42 Å². The third kappa shape index (κ3) is 3.07. The van der Waals surface area contributed by atoms with Crippen molar-refractivity contribution in [3.8, 4) is 0 Å². The van der Waals surface area contributed by atoms with Crippen LogP contribution in [0.25, 0.3) is 0 Å². The lowest BCUT2D eigenvalue weighted by Gasteiger charge is -2.16. The first-order valence-electron chi connectivity index (χ1n) is 5.32. The molecule has 0 spiro atoms. The summed E-state index contributed by atoms with van der Waals surface area (Å²) in [6.07, 6.45) is 6.26. The van der Waals surface area contributed by atoms with Crippen molar-refractivity contribution in [1.82, 2.24) is 0 Å². The van der Waals surface area contributed by atoms with Crippen LogP contribution in [0.2, 0.25) is 0 Å². The normalized spacial score (nSPS) is 21.2. The van der Waals surface area contributed by atoms with E-state index in [1.807, 2.05) is 6.07 Å². The summed E-state index contributed by atoms with van der Waals surface area (Å²) >= 11 is 6.06. The zero-order chi connectivity index (χ0) is 10.7. The Morgan fingerprint density at radius 1 is 1.40 bits per heavy atom. The Labute approximate surface area is 94.8 Å². The largest absolute Gasteiger partial charge is 0.207 e. The molecule has 0 heterocycles. The standard InChI is InChI=1S/C13H14ClF/c14-12-5-1-3-10(8-12)7-11-4-2-6-13(15)9-11/h2,4,6,8-9,12H,1,3,5,7H2. The van der Waals surface area contributed by atoms with E-state index in [-0.39, 0.29) is 11.2 Å². The van der Waals surface area contributed by atoms with Crippen LogP contribution < -0.4 is 0 Å². The summed E-state index contributed by atoms with van der Waals surface area (Å²) in [5.41, 5.74) is 2.37. The first kappa shape index (κ1) is 10.7. The molecule has 1 unspecified atom stereocenters. The van der Waals surface area contributed by atoms with Gasteiger partial charge in [-0.3, -0.25) is 0 Å². The number of hydrogen-bond acceptors (Lipinski definition) is 0. The molecular weight excluding hydrogens is 211 g/mol. The molecule has 0 fully saturated rings. The average Bonchev–Trinajstić information content (AvgIpc) is 2.17. The van der Waals surface area contributed by atoms with Gasteiger partial charge in [0.15, 0.2) is 0 Å². The molecule has 0 saturated carbocycles. The lowest BCUT2D eigenvalue weighted by atomic mass is 9.94. The van der Waals surface area contributed by atoms with Gasteiger partial charge in [-0.2, -0.15) is 0 Å². The van der Waals surface area contributed by atoms with Crippen LogP contribution in [-0.4, -0.2) is 5.38 Å². The highest BCUT2D eigenvalue weighted by molar-refractivity contribution is 6.21. The van der Waals surface area contributed by atoms with Gasteiger partial charge < -0.3 is 0 Å². The fourth-order valence-electron chi connectivity index (χ4n) is 2.00. The second-order valence-corrected chi connectivity index (χ2v) is 4.60.